The summed E-state index contributed by atoms with van der Waals surface area (Å²) >= 11 is 0. The van der Waals surface area contributed by atoms with Crippen molar-refractivity contribution in [1.82, 2.24) is 0 Å². The lowest BCUT2D eigenvalue weighted by molar-refractivity contribution is -0.119. The average molecular weight is 493 g/mol. The van der Waals surface area contributed by atoms with Crippen molar-refractivity contribution in [1.29, 1.82) is 0 Å². The zero-order valence-corrected chi connectivity index (χ0v) is 20.0. The predicted octanol–water partition coefficient (Wildman–Crippen LogP) is 3.82. The van der Waals surface area contributed by atoms with Crippen LogP contribution in [-0.2, 0) is 26.0 Å². The number of hydrogen-bond acceptors (Lipinski definition) is 6. The van der Waals surface area contributed by atoms with Crippen LogP contribution in [0.15, 0.2) is 77.7 Å². The van der Waals surface area contributed by atoms with Crippen LogP contribution in [0.4, 0.5) is 11.4 Å². The number of benzene rings is 3. The summed E-state index contributed by atoms with van der Waals surface area (Å²) in [5, 5.41) is 2.55. The van der Waals surface area contributed by atoms with Gasteiger partial charge in [0.05, 0.1) is 21.8 Å². The molecule has 0 unspecified atom stereocenters. The maximum absolute atomic E-state index is 13.4. The van der Waals surface area contributed by atoms with Crippen LogP contribution < -0.4 is 9.62 Å². The topological polar surface area (TPSA) is 110 Å². The van der Waals surface area contributed by atoms with E-state index in [1.807, 2.05) is 19.1 Å². The largest absolute Gasteiger partial charge is 0.452 e. The van der Waals surface area contributed by atoms with Crippen molar-refractivity contribution in [3.8, 4) is 0 Å². The van der Waals surface area contributed by atoms with Gasteiger partial charge >= 0.3 is 5.97 Å². The lowest BCUT2D eigenvalue weighted by Crippen LogP contribution is -2.35. The number of Topliss-reactive ketones (excluding diaryl/α,β-unsaturated/α-hetero) is 1. The highest BCUT2D eigenvalue weighted by Crippen LogP contribution is 2.36. The third-order valence-electron chi connectivity index (χ3n) is 5.69. The smallest absolute Gasteiger partial charge is 0.338 e. The number of para-hydroxylation sites is 2. The summed E-state index contributed by atoms with van der Waals surface area (Å²) in [5.41, 5.74) is 2.21. The molecule has 1 heterocycles. The molecule has 1 N–H and O–H groups in total. The number of esters is 1. The number of nitrogens with zero attached hydrogens (tertiary/aromatic N) is 1. The molecule has 1 atom stereocenters. The molecule has 35 heavy (non-hydrogen) atoms. The SMILES string of the molecule is CC(=O)c1ccccc1NC(=O)COC(=O)c1cccc(S(=O)(=O)N2c3ccccc3C[C@@H]2C)c1. The molecule has 0 saturated heterocycles. The van der Waals surface area contributed by atoms with Crippen LogP contribution in [0.2, 0.25) is 0 Å². The number of ether oxygens (including phenoxy) is 1. The number of fused-ring (bicyclic) bond motifs is 1. The monoisotopic (exact) mass is 492 g/mol. The van der Waals surface area contributed by atoms with E-state index in [2.05, 4.69) is 5.32 Å². The lowest BCUT2D eigenvalue weighted by Gasteiger charge is -2.24. The minimum absolute atomic E-state index is 0.00291. The van der Waals surface area contributed by atoms with Crippen LogP contribution >= 0.6 is 0 Å². The van der Waals surface area contributed by atoms with Gasteiger partial charge in [-0.05, 0) is 62.2 Å². The molecular weight excluding hydrogens is 468 g/mol. The van der Waals surface area contributed by atoms with E-state index in [1.165, 1.54) is 35.5 Å². The molecule has 0 bridgehead atoms. The number of rotatable bonds is 7. The first-order chi connectivity index (χ1) is 16.7. The van der Waals surface area contributed by atoms with Crippen molar-refractivity contribution < 1.29 is 27.5 Å². The quantitative estimate of drug-likeness (QED) is 0.397. The number of carbonyl (C=O) groups excluding carboxylic acids is 3. The van der Waals surface area contributed by atoms with E-state index in [0.717, 1.165) is 5.56 Å². The standard InChI is InChI=1S/C26H24N2O6S/c1-17-14-19-8-3-6-13-24(19)28(17)35(32,33)21-10-7-9-20(15-21)26(31)34-16-25(30)27-23-12-5-4-11-22(23)18(2)29/h3-13,15,17H,14,16H2,1-2H3,(H,27,30)/t17-/m0/s1. The first-order valence-electron chi connectivity index (χ1n) is 11.0. The van der Waals surface area contributed by atoms with E-state index in [1.54, 1.807) is 36.4 Å². The van der Waals surface area contributed by atoms with E-state index in [-0.39, 0.29) is 22.3 Å². The number of anilines is 2. The molecule has 0 aromatic heterocycles. The van der Waals surface area contributed by atoms with Crippen LogP contribution in [0.25, 0.3) is 0 Å². The van der Waals surface area contributed by atoms with Crippen LogP contribution in [0, 0.1) is 0 Å². The van der Waals surface area contributed by atoms with Crippen LogP contribution in [0.5, 0.6) is 0 Å². The number of ketones is 1. The Morgan fingerprint density at radius 1 is 1.00 bits per heavy atom. The summed E-state index contributed by atoms with van der Waals surface area (Å²) in [6, 6.07) is 19.1. The Morgan fingerprint density at radius 3 is 2.49 bits per heavy atom. The van der Waals surface area contributed by atoms with E-state index in [4.69, 9.17) is 4.74 Å². The molecule has 4 rings (SSSR count). The zero-order valence-electron chi connectivity index (χ0n) is 19.2. The summed E-state index contributed by atoms with van der Waals surface area (Å²) in [5.74, 6) is -1.68. The molecule has 1 aliphatic heterocycles. The fourth-order valence-corrected chi connectivity index (χ4v) is 5.84. The summed E-state index contributed by atoms with van der Waals surface area (Å²) < 4.78 is 33.3. The highest BCUT2D eigenvalue weighted by atomic mass is 32.2. The molecule has 0 saturated carbocycles. The van der Waals surface area contributed by atoms with Gasteiger partial charge in [-0.2, -0.15) is 0 Å². The van der Waals surface area contributed by atoms with Gasteiger partial charge in [-0.3, -0.25) is 13.9 Å². The summed E-state index contributed by atoms with van der Waals surface area (Å²) in [6.07, 6.45) is 0.596. The summed E-state index contributed by atoms with van der Waals surface area (Å²) in [6.45, 7) is 2.62. The normalized spacial score (nSPS) is 14.8. The highest BCUT2D eigenvalue weighted by Gasteiger charge is 2.36. The fraction of sp³-hybridized carbons (Fsp3) is 0.192. The minimum atomic E-state index is -3.93. The minimum Gasteiger partial charge on any atom is -0.452 e. The first kappa shape index (κ1) is 24.2. The number of sulfonamides is 1. The predicted molar refractivity (Wildman–Crippen MR) is 131 cm³/mol. The van der Waals surface area contributed by atoms with Gasteiger partial charge in [-0.1, -0.05) is 36.4 Å². The molecule has 0 aliphatic carbocycles. The van der Waals surface area contributed by atoms with Crippen LogP contribution in [0.3, 0.4) is 0 Å². The second kappa shape index (κ2) is 9.71. The first-order valence-corrected chi connectivity index (χ1v) is 12.4. The molecule has 1 amide bonds. The molecular formula is C26H24N2O6S. The second-order valence-corrected chi connectivity index (χ2v) is 10.1. The molecule has 3 aromatic carbocycles. The van der Waals surface area contributed by atoms with Gasteiger partial charge < -0.3 is 10.1 Å². The number of carbonyl (C=O) groups is 3. The van der Waals surface area contributed by atoms with Crippen molar-refractivity contribution in [2.45, 2.75) is 31.2 Å². The summed E-state index contributed by atoms with van der Waals surface area (Å²) in [4.78, 5) is 36.5. The molecule has 3 aromatic rings. The lowest BCUT2D eigenvalue weighted by atomic mass is 10.1. The van der Waals surface area contributed by atoms with Gasteiger partial charge in [-0.25, -0.2) is 13.2 Å². The number of nitrogens with one attached hydrogen (secondary N) is 1. The molecule has 9 heteroatoms. The average Bonchev–Trinajstić information content (AvgIpc) is 3.19. The van der Waals surface area contributed by atoms with Gasteiger partial charge in [0.2, 0.25) is 0 Å². The van der Waals surface area contributed by atoms with Crippen molar-refractivity contribution >= 4 is 39.1 Å². The van der Waals surface area contributed by atoms with Crippen LogP contribution in [-0.4, -0.2) is 38.7 Å². The van der Waals surface area contributed by atoms with Crippen LogP contribution in [0.1, 0.15) is 40.1 Å². The molecule has 0 spiro atoms. The maximum atomic E-state index is 13.4. The Kier molecular flexibility index (Phi) is 6.70. The van der Waals surface area contributed by atoms with Crippen molar-refractivity contribution in [2.75, 3.05) is 16.2 Å². The van der Waals surface area contributed by atoms with Gasteiger partial charge in [0.1, 0.15) is 0 Å². The number of hydrogen-bond donors (Lipinski definition) is 1. The van der Waals surface area contributed by atoms with E-state index in [9.17, 15) is 22.8 Å². The zero-order chi connectivity index (χ0) is 25.2. The third-order valence-corrected chi connectivity index (χ3v) is 7.61. The summed E-state index contributed by atoms with van der Waals surface area (Å²) in [7, 11) is -3.93. The Morgan fingerprint density at radius 2 is 1.71 bits per heavy atom. The van der Waals surface area contributed by atoms with Gasteiger partial charge in [0.15, 0.2) is 12.4 Å². The van der Waals surface area contributed by atoms with Crippen molar-refractivity contribution in [2.24, 2.45) is 0 Å². The molecule has 180 valence electrons. The van der Waals surface area contributed by atoms with E-state index >= 15 is 0 Å². The highest BCUT2D eigenvalue weighted by molar-refractivity contribution is 7.92. The van der Waals surface area contributed by atoms with Gasteiger partial charge in [0, 0.05) is 11.6 Å². The van der Waals surface area contributed by atoms with Crippen molar-refractivity contribution in [3.05, 3.63) is 89.5 Å². The maximum Gasteiger partial charge on any atom is 0.338 e. The Hall–Kier alpha value is -3.98. The number of amides is 1. The fourth-order valence-electron chi connectivity index (χ4n) is 4.10. The molecule has 0 radical (unpaired) electrons. The Balaban J connectivity index is 1.47. The third kappa shape index (κ3) is 4.95. The van der Waals surface area contributed by atoms with E-state index in [0.29, 0.717) is 23.4 Å². The van der Waals surface area contributed by atoms with Gasteiger partial charge in [0.25, 0.3) is 15.9 Å². The Bertz CT molecular complexity index is 1420. The van der Waals surface area contributed by atoms with E-state index < -0.39 is 28.5 Å². The molecule has 1 aliphatic rings. The molecule has 0 fully saturated rings. The molecule has 8 nitrogen and oxygen atoms in total. The second-order valence-electron chi connectivity index (χ2n) is 8.24. The Labute approximate surface area is 203 Å². The van der Waals surface area contributed by atoms with Crippen molar-refractivity contribution in [3.63, 3.8) is 0 Å². The van der Waals surface area contributed by atoms with Gasteiger partial charge in [-0.15, -0.1) is 0 Å².